The van der Waals surface area contributed by atoms with Gasteiger partial charge in [-0.15, -0.1) is 0 Å². The number of rotatable bonds is 4. The van der Waals surface area contributed by atoms with E-state index in [1.54, 1.807) is 20.4 Å². The molecule has 1 N–H and O–H groups in total. The highest BCUT2D eigenvalue weighted by molar-refractivity contribution is 5.90. The number of benzene rings is 2. The second kappa shape index (κ2) is 6.76. The van der Waals surface area contributed by atoms with Gasteiger partial charge in [0.1, 0.15) is 17.2 Å². The van der Waals surface area contributed by atoms with Gasteiger partial charge in [0.15, 0.2) is 0 Å². The molecule has 1 amide bonds. The zero-order chi connectivity index (χ0) is 19.0. The number of likely N-dealkylation sites (N-methyl/N-ethyl adjacent to an activating group) is 1. The van der Waals surface area contributed by atoms with Crippen molar-refractivity contribution in [2.45, 2.75) is 12.8 Å². The Labute approximate surface area is 157 Å². The van der Waals surface area contributed by atoms with Crippen LogP contribution in [0.2, 0.25) is 0 Å². The summed E-state index contributed by atoms with van der Waals surface area (Å²) in [6.45, 7) is 1.99. The van der Waals surface area contributed by atoms with Gasteiger partial charge in [-0.1, -0.05) is 18.2 Å². The van der Waals surface area contributed by atoms with E-state index in [9.17, 15) is 4.79 Å². The molecule has 3 aromatic rings. The summed E-state index contributed by atoms with van der Waals surface area (Å²) in [6.07, 6.45) is 5.59. The van der Waals surface area contributed by atoms with Crippen molar-refractivity contribution in [1.29, 1.82) is 0 Å². The maximum Gasteiger partial charge on any atom is 0.231 e. The summed E-state index contributed by atoms with van der Waals surface area (Å²) in [5.41, 5.74) is 3.82. The molecule has 0 saturated carbocycles. The second-order valence-electron chi connectivity index (χ2n) is 6.49. The third-order valence-corrected chi connectivity index (χ3v) is 4.84. The number of methoxy groups -OCH3 is 1. The predicted molar refractivity (Wildman–Crippen MR) is 105 cm³/mol. The topological polar surface area (TPSA) is 60.5 Å². The van der Waals surface area contributed by atoms with E-state index in [0.717, 1.165) is 44.8 Å². The lowest BCUT2D eigenvalue weighted by molar-refractivity contribution is -0.121. The Morgan fingerprint density at radius 2 is 2.00 bits per heavy atom. The average Bonchev–Trinajstić information content (AvgIpc) is 3.10. The molecule has 4 rings (SSSR count). The van der Waals surface area contributed by atoms with Gasteiger partial charge in [-0.05, 0) is 47.9 Å². The Bertz CT molecular complexity index is 1070. The summed E-state index contributed by atoms with van der Waals surface area (Å²) in [4.78, 5) is 16.4. The first-order valence-corrected chi connectivity index (χ1v) is 8.75. The van der Waals surface area contributed by atoms with Gasteiger partial charge >= 0.3 is 0 Å². The van der Waals surface area contributed by atoms with Crippen LogP contribution in [0.5, 0.6) is 17.2 Å². The number of pyridine rings is 1. The van der Waals surface area contributed by atoms with Crippen molar-refractivity contribution in [3.63, 3.8) is 0 Å². The van der Waals surface area contributed by atoms with Gasteiger partial charge in [0.05, 0.1) is 18.5 Å². The van der Waals surface area contributed by atoms with Gasteiger partial charge in [-0.3, -0.25) is 9.78 Å². The molecule has 0 bridgehead atoms. The lowest BCUT2D eigenvalue weighted by Gasteiger charge is -2.13. The van der Waals surface area contributed by atoms with E-state index < -0.39 is 0 Å². The first-order chi connectivity index (χ1) is 13.1. The molecule has 0 radical (unpaired) electrons. The largest absolute Gasteiger partial charge is 0.496 e. The number of nitrogens with one attached hydrogen (secondary N) is 1. The molecule has 0 aliphatic heterocycles. The fourth-order valence-corrected chi connectivity index (χ4v) is 3.42. The van der Waals surface area contributed by atoms with Crippen LogP contribution in [0, 0.1) is 6.92 Å². The average molecular weight is 360 g/mol. The van der Waals surface area contributed by atoms with Gasteiger partial charge in [-0.2, -0.15) is 0 Å². The summed E-state index contributed by atoms with van der Waals surface area (Å²) >= 11 is 0. The number of carbonyl (C=O) groups excluding carboxylic acids is 1. The van der Waals surface area contributed by atoms with Crippen LogP contribution in [0.4, 0.5) is 0 Å². The third-order valence-electron chi connectivity index (χ3n) is 4.84. The summed E-state index contributed by atoms with van der Waals surface area (Å²) in [7, 11) is 3.30. The lowest BCUT2D eigenvalue weighted by Crippen LogP contribution is -2.23. The third kappa shape index (κ3) is 3.01. The molecule has 27 heavy (non-hydrogen) atoms. The monoisotopic (exact) mass is 360 g/mol. The smallest absolute Gasteiger partial charge is 0.231 e. The van der Waals surface area contributed by atoms with Crippen LogP contribution >= 0.6 is 0 Å². The number of carbonyl (C=O) groups is 1. The van der Waals surface area contributed by atoms with Crippen molar-refractivity contribution in [2.75, 3.05) is 14.2 Å². The van der Waals surface area contributed by atoms with Crippen molar-refractivity contribution >= 4 is 22.9 Å². The highest BCUT2D eigenvalue weighted by Crippen LogP contribution is 2.36. The number of aryl methyl sites for hydroxylation is 1. The zero-order valence-corrected chi connectivity index (χ0v) is 15.4. The molecule has 0 fully saturated rings. The Morgan fingerprint density at radius 1 is 1.15 bits per heavy atom. The molecule has 0 saturated heterocycles. The minimum absolute atomic E-state index is 0.0109. The molecule has 1 unspecified atom stereocenters. The van der Waals surface area contributed by atoms with E-state index in [1.807, 2.05) is 55.5 Å². The minimum Gasteiger partial charge on any atom is -0.496 e. The van der Waals surface area contributed by atoms with E-state index in [4.69, 9.17) is 9.47 Å². The Hall–Kier alpha value is -3.34. The molecule has 1 aliphatic carbocycles. The minimum atomic E-state index is -0.240. The predicted octanol–water partition coefficient (Wildman–Crippen LogP) is 4.20. The van der Waals surface area contributed by atoms with Gasteiger partial charge in [0.25, 0.3) is 0 Å². The van der Waals surface area contributed by atoms with Crippen molar-refractivity contribution < 1.29 is 14.3 Å². The summed E-state index contributed by atoms with van der Waals surface area (Å²) in [5.74, 6) is 2.00. The highest BCUT2D eigenvalue weighted by atomic mass is 16.5. The van der Waals surface area contributed by atoms with E-state index in [1.165, 1.54) is 0 Å². The molecule has 0 spiro atoms. The van der Waals surface area contributed by atoms with Crippen LogP contribution in [0.25, 0.3) is 17.0 Å². The first kappa shape index (κ1) is 17.1. The number of hydrogen-bond donors (Lipinski definition) is 1. The van der Waals surface area contributed by atoms with Crippen molar-refractivity contribution in [3.05, 3.63) is 65.4 Å². The second-order valence-corrected chi connectivity index (χ2v) is 6.49. The Kier molecular flexibility index (Phi) is 4.28. The van der Waals surface area contributed by atoms with Gasteiger partial charge in [0.2, 0.25) is 5.91 Å². The summed E-state index contributed by atoms with van der Waals surface area (Å²) < 4.78 is 11.5. The standard InChI is InChI=1S/C22H20N2O3/c1-13-10-18-19(12-21(13)26-3)24-9-8-20(18)27-15-5-7-16-14(11-15)4-6-17(16)22(25)23-2/h4-12,17H,1-3H3,(H,23,25). The molecule has 1 aromatic heterocycles. The quantitative estimate of drug-likeness (QED) is 0.757. The molecule has 136 valence electrons. The van der Waals surface area contributed by atoms with E-state index in [0.29, 0.717) is 0 Å². The van der Waals surface area contributed by atoms with Gasteiger partial charge in [0, 0.05) is 24.7 Å². The molecular weight excluding hydrogens is 340 g/mol. The van der Waals surface area contributed by atoms with E-state index in [2.05, 4.69) is 10.3 Å². The number of fused-ring (bicyclic) bond motifs is 2. The molecule has 1 atom stereocenters. The van der Waals surface area contributed by atoms with Crippen LogP contribution in [0.15, 0.2) is 48.7 Å². The Morgan fingerprint density at radius 3 is 2.78 bits per heavy atom. The van der Waals surface area contributed by atoms with E-state index in [-0.39, 0.29) is 11.8 Å². The number of aromatic nitrogens is 1. The number of amides is 1. The van der Waals surface area contributed by atoms with Gasteiger partial charge < -0.3 is 14.8 Å². The maximum absolute atomic E-state index is 12.0. The lowest BCUT2D eigenvalue weighted by atomic mass is 10.00. The SMILES string of the molecule is CNC(=O)C1C=Cc2cc(Oc3ccnc4cc(OC)c(C)cc34)ccc21. The molecule has 5 heteroatoms. The molecule has 2 aromatic carbocycles. The highest BCUT2D eigenvalue weighted by Gasteiger charge is 2.23. The van der Waals surface area contributed by atoms with Crippen LogP contribution in [0.1, 0.15) is 22.6 Å². The summed E-state index contributed by atoms with van der Waals surface area (Å²) in [6, 6.07) is 11.6. The molecule has 1 aliphatic rings. The van der Waals surface area contributed by atoms with E-state index >= 15 is 0 Å². The zero-order valence-electron chi connectivity index (χ0n) is 15.4. The fourth-order valence-electron chi connectivity index (χ4n) is 3.42. The van der Waals surface area contributed by atoms with Crippen LogP contribution < -0.4 is 14.8 Å². The maximum atomic E-state index is 12.0. The number of hydrogen-bond acceptors (Lipinski definition) is 4. The normalized spacial score (nSPS) is 14.9. The summed E-state index contributed by atoms with van der Waals surface area (Å²) in [5, 5.41) is 3.62. The van der Waals surface area contributed by atoms with Crippen LogP contribution in [-0.2, 0) is 4.79 Å². The first-order valence-electron chi connectivity index (χ1n) is 8.75. The van der Waals surface area contributed by atoms with Crippen molar-refractivity contribution in [2.24, 2.45) is 0 Å². The molecule has 1 heterocycles. The number of nitrogens with zero attached hydrogens (tertiary/aromatic N) is 1. The molecular formula is C22H20N2O3. The number of ether oxygens (including phenoxy) is 2. The van der Waals surface area contributed by atoms with Crippen LogP contribution in [0.3, 0.4) is 0 Å². The van der Waals surface area contributed by atoms with Crippen LogP contribution in [-0.4, -0.2) is 25.0 Å². The van der Waals surface area contributed by atoms with Gasteiger partial charge in [-0.25, -0.2) is 0 Å². The molecule has 5 nitrogen and oxygen atoms in total. The Balaban J connectivity index is 1.69. The van der Waals surface area contributed by atoms with Crippen molar-refractivity contribution in [1.82, 2.24) is 10.3 Å². The fraction of sp³-hybridized carbons (Fsp3) is 0.182. The van der Waals surface area contributed by atoms with Crippen molar-refractivity contribution in [3.8, 4) is 17.2 Å².